The Kier molecular flexibility index (Phi) is 5.72. The van der Waals surface area contributed by atoms with E-state index in [4.69, 9.17) is 0 Å². The third-order valence-corrected chi connectivity index (χ3v) is 3.39. The van der Waals surface area contributed by atoms with Gasteiger partial charge in [0.2, 0.25) is 5.91 Å². The molecule has 0 fully saturated rings. The van der Waals surface area contributed by atoms with Gasteiger partial charge in [-0.05, 0) is 24.6 Å². The van der Waals surface area contributed by atoms with Gasteiger partial charge >= 0.3 is 0 Å². The van der Waals surface area contributed by atoms with Crippen molar-refractivity contribution < 1.29 is 9.59 Å². The Hall–Kier alpha value is -2.62. The molecule has 0 aliphatic heterocycles. The van der Waals surface area contributed by atoms with Gasteiger partial charge in [-0.3, -0.25) is 9.59 Å². The molecule has 2 rings (SSSR count). The maximum absolute atomic E-state index is 12.2. The Morgan fingerprint density at radius 2 is 1.55 bits per heavy atom. The highest BCUT2D eigenvalue weighted by Crippen LogP contribution is 2.04. The number of amides is 2. The number of nitrogens with one attached hydrogen (secondary N) is 1. The average Bonchev–Trinajstić information content (AvgIpc) is 2.59. The molecule has 0 saturated carbocycles. The minimum atomic E-state index is -0.232. The first-order valence-electron chi connectivity index (χ1n) is 7.35. The third kappa shape index (κ3) is 4.45. The Labute approximate surface area is 130 Å². The first kappa shape index (κ1) is 15.8. The predicted octanol–water partition coefficient (Wildman–Crippen LogP) is 2.47. The van der Waals surface area contributed by atoms with Gasteiger partial charge in [-0.15, -0.1) is 0 Å². The summed E-state index contributed by atoms with van der Waals surface area (Å²) in [5.41, 5.74) is 1.63. The fourth-order valence-corrected chi connectivity index (χ4v) is 2.14. The molecule has 0 bridgehead atoms. The van der Waals surface area contributed by atoms with Gasteiger partial charge in [0.25, 0.3) is 5.91 Å². The summed E-state index contributed by atoms with van der Waals surface area (Å²) in [6.45, 7) is 3.10. The fourth-order valence-electron chi connectivity index (χ4n) is 2.14. The molecule has 2 aromatic carbocycles. The van der Waals surface area contributed by atoms with E-state index < -0.39 is 0 Å². The number of carbonyl (C=O) groups is 2. The lowest BCUT2D eigenvalue weighted by molar-refractivity contribution is -0.130. The van der Waals surface area contributed by atoms with Crippen LogP contribution >= 0.6 is 0 Å². The van der Waals surface area contributed by atoms with Crippen molar-refractivity contribution in [2.24, 2.45) is 0 Å². The van der Waals surface area contributed by atoms with Crippen molar-refractivity contribution in [1.82, 2.24) is 10.2 Å². The van der Waals surface area contributed by atoms with Crippen LogP contribution in [-0.2, 0) is 11.3 Å². The van der Waals surface area contributed by atoms with Crippen molar-refractivity contribution in [2.45, 2.75) is 13.5 Å². The Balaban J connectivity index is 1.88. The molecule has 0 radical (unpaired) electrons. The molecule has 0 heterocycles. The van der Waals surface area contributed by atoms with Gasteiger partial charge in [-0.25, -0.2) is 0 Å². The summed E-state index contributed by atoms with van der Waals surface area (Å²) in [4.78, 5) is 25.9. The maximum atomic E-state index is 12.2. The van der Waals surface area contributed by atoms with Crippen molar-refractivity contribution in [3.8, 4) is 0 Å². The molecule has 0 atom stereocenters. The Morgan fingerprint density at radius 3 is 2.14 bits per heavy atom. The van der Waals surface area contributed by atoms with Gasteiger partial charge in [0.05, 0.1) is 6.54 Å². The highest BCUT2D eigenvalue weighted by Gasteiger charge is 2.13. The van der Waals surface area contributed by atoms with Crippen LogP contribution in [0.2, 0.25) is 0 Å². The number of rotatable bonds is 6. The van der Waals surface area contributed by atoms with E-state index in [1.54, 1.807) is 29.2 Å². The highest BCUT2D eigenvalue weighted by atomic mass is 16.2. The normalized spacial score (nSPS) is 10.0. The minimum absolute atomic E-state index is 0.00833. The van der Waals surface area contributed by atoms with Crippen LogP contribution in [0.15, 0.2) is 60.7 Å². The van der Waals surface area contributed by atoms with Crippen molar-refractivity contribution in [2.75, 3.05) is 13.1 Å². The molecule has 114 valence electrons. The summed E-state index contributed by atoms with van der Waals surface area (Å²) >= 11 is 0. The third-order valence-electron chi connectivity index (χ3n) is 3.39. The van der Waals surface area contributed by atoms with E-state index in [-0.39, 0.29) is 18.4 Å². The summed E-state index contributed by atoms with van der Waals surface area (Å²) in [6.07, 6.45) is 0. The van der Waals surface area contributed by atoms with E-state index in [9.17, 15) is 9.59 Å². The molecule has 1 N–H and O–H groups in total. The molecule has 0 saturated heterocycles. The molecule has 22 heavy (non-hydrogen) atoms. The van der Waals surface area contributed by atoms with Gasteiger partial charge in [-0.2, -0.15) is 0 Å². The fraction of sp³-hybridized carbons (Fsp3) is 0.222. The van der Waals surface area contributed by atoms with Crippen LogP contribution in [0.1, 0.15) is 22.8 Å². The Morgan fingerprint density at radius 1 is 0.955 bits per heavy atom. The van der Waals surface area contributed by atoms with Crippen LogP contribution in [0.5, 0.6) is 0 Å². The first-order valence-corrected chi connectivity index (χ1v) is 7.35. The van der Waals surface area contributed by atoms with Gasteiger partial charge in [0, 0.05) is 18.7 Å². The van der Waals surface area contributed by atoms with E-state index >= 15 is 0 Å². The van der Waals surface area contributed by atoms with Gasteiger partial charge < -0.3 is 10.2 Å². The topological polar surface area (TPSA) is 49.4 Å². The summed E-state index contributed by atoms with van der Waals surface area (Å²) in [5, 5.41) is 2.67. The lowest BCUT2D eigenvalue weighted by Gasteiger charge is -2.21. The standard InChI is InChI=1S/C18H20N2O2/c1-2-20(14-15-9-5-3-6-10-15)17(21)13-19-18(22)16-11-7-4-8-12-16/h3-12H,2,13-14H2,1H3,(H,19,22). The number of hydrogen-bond donors (Lipinski definition) is 1. The smallest absolute Gasteiger partial charge is 0.251 e. The van der Waals surface area contributed by atoms with E-state index in [1.165, 1.54) is 0 Å². The largest absolute Gasteiger partial charge is 0.343 e. The zero-order valence-electron chi connectivity index (χ0n) is 12.7. The van der Waals surface area contributed by atoms with Crippen LogP contribution in [0.3, 0.4) is 0 Å². The molecule has 0 aliphatic rings. The van der Waals surface area contributed by atoms with E-state index in [2.05, 4.69) is 5.32 Å². The molecular formula is C18H20N2O2. The molecule has 0 spiro atoms. The number of likely N-dealkylation sites (N-methyl/N-ethyl adjacent to an activating group) is 1. The molecular weight excluding hydrogens is 276 g/mol. The van der Waals surface area contributed by atoms with Crippen molar-refractivity contribution in [3.05, 3.63) is 71.8 Å². The Bertz CT molecular complexity index is 611. The van der Waals surface area contributed by atoms with E-state index in [1.807, 2.05) is 43.3 Å². The first-order chi connectivity index (χ1) is 10.7. The van der Waals surface area contributed by atoms with Gasteiger partial charge in [0.1, 0.15) is 0 Å². The quantitative estimate of drug-likeness (QED) is 0.890. The van der Waals surface area contributed by atoms with E-state index in [0.29, 0.717) is 18.7 Å². The lowest BCUT2D eigenvalue weighted by atomic mass is 10.2. The van der Waals surface area contributed by atoms with Crippen molar-refractivity contribution in [3.63, 3.8) is 0 Å². The lowest BCUT2D eigenvalue weighted by Crippen LogP contribution is -2.39. The number of carbonyl (C=O) groups excluding carboxylic acids is 2. The van der Waals surface area contributed by atoms with Crippen molar-refractivity contribution in [1.29, 1.82) is 0 Å². The monoisotopic (exact) mass is 296 g/mol. The number of hydrogen-bond acceptors (Lipinski definition) is 2. The predicted molar refractivity (Wildman–Crippen MR) is 86.3 cm³/mol. The SMILES string of the molecule is CCN(Cc1ccccc1)C(=O)CNC(=O)c1ccccc1. The molecule has 0 unspecified atom stereocenters. The van der Waals surface area contributed by atoms with Crippen LogP contribution in [0.25, 0.3) is 0 Å². The van der Waals surface area contributed by atoms with Crippen LogP contribution in [-0.4, -0.2) is 29.8 Å². The second kappa shape index (κ2) is 7.98. The molecule has 2 amide bonds. The second-order valence-corrected chi connectivity index (χ2v) is 4.94. The van der Waals surface area contributed by atoms with Crippen molar-refractivity contribution >= 4 is 11.8 Å². The highest BCUT2D eigenvalue weighted by molar-refractivity contribution is 5.96. The summed E-state index contributed by atoms with van der Waals surface area (Å²) in [5.74, 6) is -0.319. The average molecular weight is 296 g/mol. The molecule has 2 aromatic rings. The summed E-state index contributed by atoms with van der Waals surface area (Å²) in [7, 11) is 0. The zero-order chi connectivity index (χ0) is 15.8. The minimum Gasteiger partial charge on any atom is -0.343 e. The van der Waals surface area contributed by atoms with E-state index in [0.717, 1.165) is 5.56 Å². The van der Waals surface area contributed by atoms with Crippen LogP contribution in [0, 0.1) is 0 Å². The van der Waals surface area contributed by atoms with Crippen LogP contribution in [0.4, 0.5) is 0 Å². The van der Waals surface area contributed by atoms with Gasteiger partial charge in [-0.1, -0.05) is 48.5 Å². The number of benzene rings is 2. The molecule has 4 heteroatoms. The second-order valence-electron chi connectivity index (χ2n) is 4.94. The summed E-state index contributed by atoms with van der Waals surface area (Å²) in [6, 6.07) is 18.7. The number of nitrogens with zero attached hydrogens (tertiary/aromatic N) is 1. The molecule has 0 aliphatic carbocycles. The van der Waals surface area contributed by atoms with Gasteiger partial charge in [0.15, 0.2) is 0 Å². The van der Waals surface area contributed by atoms with Crippen LogP contribution < -0.4 is 5.32 Å². The zero-order valence-corrected chi connectivity index (χ0v) is 12.7. The molecule has 0 aromatic heterocycles. The molecule has 4 nitrogen and oxygen atoms in total. The summed E-state index contributed by atoms with van der Waals surface area (Å²) < 4.78 is 0. The maximum Gasteiger partial charge on any atom is 0.251 e.